The van der Waals surface area contributed by atoms with Crippen LogP contribution >= 0.6 is 0 Å². The maximum Gasteiger partial charge on any atom is 0.251 e. The maximum absolute atomic E-state index is 12.3. The second kappa shape index (κ2) is 7.40. The molecule has 1 aliphatic rings. The molecular formula is C18H24N4O. The fourth-order valence-corrected chi connectivity index (χ4v) is 3.29. The summed E-state index contributed by atoms with van der Waals surface area (Å²) in [6.45, 7) is 3.07. The van der Waals surface area contributed by atoms with Gasteiger partial charge in [0.1, 0.15) is 12.7 Å². The third-order valence-corrected chi connectivity index (χ3v) is 4.91. The van der Waals surface area contributed by atoms with Crippen LogP contribution in [0.3, 0.4) is 0 Å². The number of amides is 1. The molecule has 5 nitrogen and oxygen atoms in total. The molecule has 1 aliphatic carbocycles. The summed E-state index contributed by atoms with van der Waals surface area (Å²) in [6.07, 6.45) is 9.52. The van der Waals surface area contributed by atoms with Gasteiger partial charge in [0, 0.05) is 12.1 Å². The van der Waals surface area contributed by atoms with Gasteiger partial charge in [-0.3, -0.25) is 4.79 Å². The van der Waals surface area contributed by atoms with Crippen LogP contribution < -0.4 is 5.32 Å². The van der Waals surface area contributed by atoms with Crippen LogP contribution in [0.2, 0.25) is 0 Å². The fourth-order valence-electron chi connectivity index (χ4n) is 3.29. The number of aromatic nitrogens is 3. The van der Waals surface area contributed by atoms with E-state index in [-0.39, 0.29) is 5.91 Å². The number of nitrogens with zero attached hydrogens (tertiary/aromatic N) is 3. The van der Waals surface area contributed by atoms with E-state index in [2.05, 4.69) is 22.3 Å². The zero-order valence-corrected chi connectivity index (χ0v) is 13.6. The summed E-state index contributed by atoms with van der Waals surface area (Å²) in [5.74, 6) is 1.54. The first kappa shape index (κ1) is 15.7. The molecule has 1 aromatic heterocycles. The summed E-state index contributed by atoms with van der Waals surface area (Å²) < 4.78 is 1.67. The van der Waals surface area contributed by atoms with Gasteiger partial charge in [-0.1, -0.05) is 26.2 Å². The van der Waals surface area contributed by atoms with Gasteiger partial charge in [-0.2, -0.15) is 5.10 Å². The topological polar surface area (TPSA) is 59.8 Å². The van der Waals surface area contributed by atoms with Crippen molar-refractivity contribution < 1.29 is 4.79 Å². The Morgan fingerprint density at radius 2 is 1.87 bits per heavy atom. The number of hydrogen-bond acceptors (Lipinski definition) is 3. The first-order valence-electron chi connectivity index (χ1n) is 8.49. The van der Waals surface area contributed by atoms with Crippen LogP contribution in [-0.2, 0) is 0 Å². The molecule has 1 amide bonds. The van der Waals surface area contributed by atoms with E-state index in [9.17, 15) is 4.79 Å². The lowest BCUT2D eigenvalue weighted by molar-refractivity contribution is 0.0941. The molecule has 1 fully saturated rings. The lowest BCUT2D eigenvalue weighted by Crippen LogP contribution is -2.31. The third-order valence-electron chi connectivity index (χ3n) is 4.91. The van der Waals surface area contributed by atoms with Gasteiger partial charge in [0.25, 0.3) is 5.91 Å². The van der Waals surface area contributed by atoms with E-state index in [0.717, 1.165) is 18.2 Å². The molecule has 0 saturated heterocycles. The Hall–Kier alpha value is -2.17. The zero-order valence-electron chi connectivity index (χ0n) is 13.6. The van der Waals surface area contributed by atoms with Gasteiger partial charge in [-0.05, 0) is 48.9 Å². The minimum Gasteiger partial charge on any atom is -0.352 e. The highest BCUT2D eigenvalue weighted by molar-refractivity contribution is 5.94. The van der Waals surface area contributed by atoms with Crippen LogP contribution in [0.5, 0.6) is 0 Å². The Kier molecular flexibility index (Phi) is 5.05. The van der Waals surface area contributed by atoms with Crippen molar-refractivity contribution in [2.24, 2.45) is 11.8 Å². The Bertz CT molecular complexity index is 613. The SMILES string of the molecule is CCC1CCC(CNC(=O)c2ccc(-n3cncn3)cc2)CC1. The fraction of sp³-hybridized carbons (Fsp3) is 0.500. The number of benzene rings is 1. The predicted molar refractivity (Wildman–Crippen MR) is 89.4 cm³/mol. The zero-order chi connectivity index (χ0) is 16.1. The van der Waals surface area contributed by atoms with Crippen LogP contribution in [-0.4, -0.2) is 27.2 Å². The molecule has 1 N–H and O–H groups in total. The lowest BCUT2D eigenvalue weighted by Gasteiger charge is -2.27. The van der Waals surface area contributed by atoms with Crippen molar-refractivity contribution in [1.29, 1.82) is 0 Å². The van der Waals surface area contributed by atoms with Crippen molar-refractivity contribution >= 4 is 5.91 Å². The molecule has 0 radical (unpaired) electrons. The Balaban J connectivity index is 1.50. The average molecular weight is 312 g/mol. The number of carbonyl (C=O) groups is 1. The Morgan fingerprint density at radius 3 is 2.48 bits per heavy atom. The summed E-state index contributed by atoms with van der Waals surface area (Å²) in [4.78, 5) is 16.2. The van der Waals surface area contributed by atoms with Crippen molar-refractivity contribution in [3.63, 3.8) is 0 Å². The van der Waals surface area contributed by atoms with E-state index < -0.39 is 0 Å². The highest BCUT2D eigenvalue weighted by Gasteiger charge is 2.20. The quantitative estimate of drug-likeness (QED) is 0.922. The van der Waals surface area contributed by atoms with E-state index in [0.29, 0.717) is 11.5 Å². The molecule has 0 spiro atoms. The molecule has 1 heterocycles. The molecule has 23 heavy (non-hydrogen) atoms. The van der Waals surface area contributed by atoms with Gasteiger partial charge in [-0.15, -0.1) is 0 Å². The molecule has 1 aromatic carbocycles. The Labute approximate surface area is 137 Å². The van der Waals surface area contributed by atoms with E-state index in [1.54, 1.807) is 11.0 Å². The van der Waals surface area contributed by atoms with Crippen LogP contribution in [0.25, 0.3) is 5.69 Å². The normalized spacial score (nSPS) is 21.1. The van der Waals surface area contributed by atoms with E-state index in [4.69, 9.17) is 0 Å². The Morgan fingerprint density at radius 1 is 1.17 bits per heavy atom. The predicted octanol–water partition coefficient (Wildman–Crippen LogP) is 3.21. The second-order valence-corrected chi connectivity index (χ2v) is 6.39. The molecule has 0 atom stereocenters. The van der Waals surface area contributed by atoms with Crippen LogP contribution in [0, 0.1) is 11.8 Å². The largest absolute Gasteiger partial charge is 0.352 e. The smallest absolute Gasteiger partial charge is 0.251 e. The van der Waals surface area contributed by atoms with Gasteiger partial charge in [0.2, 0.25) is 0 Å². The van der Waals surface area contributed by atoms with Crippen LogP contribution in [0.15, 0.2) is 36.9 Å². The molecule has 0 bridgehead atoms. The van der Waals surface area contributed by atoms with E-state index in [1.165, 1.54) is 38.4 Å². The summed E-state index contributed by atoms with van der Waals surface area (Å²) in [7, 11) is 0. The van der Waals surface area contributed by atoms with Crippen molar-refractivity contribution in [3.8, 4) is 5.69 Å². The number of hydrogen-bond donors (Lipinski definition) is 1. The first-order valence-corrected chi connectivity index (χ1v) is 8.49. The first-order chi connectivity index (χ1) is 11.3. The number of carbonyl (C=O) groups excluding carboxylic acids is 1. The molecule has 122 valence electrons. The summed E-state index contributed by atoms with van der Waals surface area (Å²) >= 11 is 0. The molecule has 5 heteroatoms. The highest BCUT2D eigenvalue weighted by Crippen LogP contribution is 2.30. The molecule has 2 aromatic rings. The van der Waals surface area contributed by atoms with Gasteiger partial charge in [0.15, 0.2) is 0 Å². The minimum absolute atomic E-state index is 0.00718. The second-order valence-electron chi connectivity index (χ2n) is 6.39. The molecule has 0 unspecified atom stereocenters. The standard InChI is InChI=1S/C18H24N4O/c1-2-14-3-5-15(6-4-14)11-20-18(23)16-7-9-17(10-8-16)22-13-19-12-21-22/h7-10,12-15H,2-6,11H2,1H3,(H,20,23). The average Bonchev–Trinajstić information content (AvgIpc) is 3.15. The van der Waals surface area contributed by atoms with Gasteiger partial charge in [-0.25, -0.2) is 9.67 Å². The van der Waals surface area contributed by atoms with Crippen molar-refractivity contribution in [2.45, 2.75) is 39.0 Å². The highest BCUT2D eigenvalue weighted by atomic mass is 16.1. The van der Waals surface area contributed by atoms with Gasteiger partial charge < -0.3 is 5.32 Å². The molecule has 1 saturated carbocycles. The maximum atomic E-state index is 12.3. The van der Waals surface area contributed by atoms with Crippen molar-refractivity contribution in [1.82, 2.24) is 20.1 Å². The summed E-state index contributed by atoms with van der Waals surface area (Å²) in [5.41, 5.74) is 1.59. The summed E-state index contributed by atoms with van der Waals surface area (Å²) in [6, 6.07) is 7.44. The minimum atomic E-state index is 0.00718. The molecule has 3 rings (SSSR count). The molecular weight excluding hydrogens is 288 g/mol. The summed E-state index contributed by atoms with van der Waals surface area (Å²) in [5, 5.41) is 7.16. The van der Waals surface area contributed by atoms with E-state index in [1.807, 2.05) is 24.3 Å². The number of nitrogens with one attached hydrogen (secondary N) is 1. The lowest BCUT2D eigenvalue weighted by atomic mass is 9.81. The number of rotatable bonds is 5. The van der Waals surface area contributed by atoms with Crippen molar-refractivity contribution in [2.75, 3.05) is 6.54 Å². The van der Waals surface area contributed by atoms with Crippen LogP contribution in [0.4, 0.5) is 0 Å². The van der Waals surface area contributed by atoms with Gasteiger partial charge >= 0.3 is 0 Å². The third kappa shape index (κ3) is 3.97. The monoisotopic (exact) mass is 312 g/mol. The van der Waals surface area contributed by atoms with E-state index >= 15 is 0 Å². The molecule has 0 aliphatic heterocycles. The van der Waals surface area contributed by atoms with Crippen molar-refractivity contribution in [3.05, 3.63) is 42.5 Å². The van der Waals surface area contributed by atoms with Crippen LogP contribution in [0.1, 0.15) is 49.4 Å². The van der Waals surface area contributed by atoms with Gasteiger partial charge in [0.05, 0.1) is 5.69 Å².